The molecule has 0 unspecified atom stereocenters. The molecule has 0 radical (unpaired) electrons. The maximum atomic E-state index is 13.1. The number of aliphatic hydroxyl groups is 1. The second-order valence-corrected chi connectivity index (χ2v) is 6.57. The summed E-state index contributed by atoms with van der Waals surface area (Å²) < 4.78 is 39.2. The van der Waals surface area contributed by atoms with Crippen LogP contribution < -0.4 is 5.32 Å². The highest BCUT2D eigenvalue weighted by molar-refractivity contribution is 5.94. The van der Waals surface area contributed by atoms with Crippen LogP contribution in [0.5, 0.6) is 0 Å². The first kappa shape index (κ1) is 19.6. The number of H-pyrrole nitrogens is 1. The summed E-state index contributed by atoms with van der Waals surface area (Å²) in [4.78, 5) is 15.0. The van der Waals surface area contributed by atoms with Crippen LogP contribution >= 0.6 is 0 Å². The van der Waals surface area contributed by atoms with Gasteiger partial charge in [0, 0.05) is 23.3 Å². The first-order valence-electron chi connectivity index (χ1n) is 8.43. The molecule has 0 aliphatic rings. The van der Waals surface area contributed by atoms with Gasteiger partial charge in [-0.2, -0.15) is 18.4 Å². The zero-order chi connectivity index (χ0) is 20.5. The van der Waals surface area contributed by atoms with Gasteiger partial charge in [0.25, 0.3) is 0 Å². The fourth-order valence-electron chi connectivity index (χ4n) is 2.68. The molecule has 0 amide bonds. The number of nitrogens with zero attached hydrogens (tertiary/aromatic N) is 4. The Morgan fingerprint density at radius 2 is 2.04 bits per heavy atom. The molecule has 10 heteroatoms. The van der Waals surface area contributed by atoms with E-state index in [2.05, 4.69) is 25.3 Å². The normalized spacial score (nSPS) is 12.9. The van der Waals surface area contributed by atoms with Gasteiger partial charge >= 0.3 is 6.18 Å². The van der Waals surface area contributed by atoms with Crippen molar-refractivity contribution in [2.45, 2.75) is 26.1 Å². The van der Waals surface area contributed by atoms with Gasteiger partial charge in [-0.15, -0.1) is 0 Å². The lowest BCUT2D eigenvalue weighted by Gasteiger charge is -2.20. The molecule has 3 rings (SSSR count). The Bertz CT molecular complexity index is 1040. The molecule has 28 heavy (non-hydrogen) atoms. The molecule has 0 saturated carbocycles. The van der Waals surface area contributed by atoms with Crippen molar-refractivity contribution < 1.29 is 18.3 Å². The number of nitriles is 1. The molecular formula is C18H17F3N6O. The molecule has 7 nitrogen and oxygen atoms in total. The van der Waals surface area contributed by atoms with Gasteiger partial charge in [0.05, 0.1) is 35.7 Å². The lowest BCUT2D eigenvalue weighted by Crippen LogP contribution is -2.30. The van der Waals surface area contributed by atoms with Crippen LogP contribution in [0, 0.1) is 17.2 Å². The Labute approximate surface area is 158 Å². The average molecular weight is 390 g/mol. The number of hydrogen-bond acceptors (Lipinski definition) is 6. The highest BCUT2D eigenvalue weighted by atomic mass is 19.4. The number of hydrogen-bond donors (Lipinski definition) is 3. The number of aromatic nitrogens is 4. The summed E-state index contributed by atoms with van der Waals surface area (Å²) in [5.41, 5.74) is -0.0650. The van der Waals surface area contributed by atoms with Crippen molar-refractivity contribution in [3.63, 3.8) is 0 Å². The Morgan fingerprint density at radius 3 is 2.64 bits per heavy atom. The van der Waals surface area contributed by atoms with Crippen LogP contribution in [-0.4, -0.2) is 37.7 Å². The molecule has 3 aromatic rings. The number of rotatable bonds is 5. The molecule has 0 bridgehead atoms. The number of aromatic amines is 1. The lowest BCUT2D eigenvalue weighted by molar-refractivity contribution is -0.137. The first-order chi connectivity index (χ1) is 13.2. The van der Waals surface area contributed by atoms with Crippen molar-refractivity contribution >= 4 is 17.0 Å². The number of pyridine rings is 1. The van der Waals surface area contributed by atoms with Gasteiger partial charge in [-0.1, -0.05) is 13.8 Å². The summed E-state index contributed by atoms with van der Waals surface area (Å²) in [6, 6.07) is 2.60. The number of fused-ring (bicyclic) bond motifs is 1. The van der Waals surface area contributed by atoms with Crippen molar-refractivity contribution in [2.24, 2.45) is 5.92 Å². The monoisotopic (exact) mass is 390 g/mol. The van der Waals surface area contributed by atoms with Crippen LogP contribution in [0.2, 0.25) is 0 Å². The minimum atomic E-state index is -4.54. The fraction of sp³-hybridized carbons (Fsp3) is 0.333. The zero-order valence-electron chi connectivity index (χ0n) is 15.0. The van der Waals surface area contributed by atoms with E-state index >= 15 is 0 Å². The number of halogens is 3. The third-order valence-corrected chi connectivity index (χ3v) is 4.34. The van der Waals surface area contributed by atoms with Crippen LogP contribution in [0.15, 0.2) is 24.7 Å². The molecule has 1 atom stereocenters. The third-order valence-electron chi connectivity index (χ3n) is 4.34. The smallest absolute Gasteiger partial charge is 0.394 e. The van der Waals surface area contributed by atoms with Crippen LogP contribution in [0.25, 0.3) is 22.3 Å². The van der Waals surface area contributed by atoms with Crippen molar-refractivity contribution in [1.29, 1.82) is 5.26 Å². The second-order valence-electron chi connectivity index (χ2n) is 6.57. The molecule has 0 fully saturated rings. The summed E-state index contributed by atoms with van der Waals surface area (Å²) in [5.74, 6) is 0.246. The molecule has 0 aliphatic heterocycles. The van der Waals surface area contributed by atoms with E-state index in [1.165, 1.54) is 12.4 Å². The largest absolute Gasteiger partial charge is 0.417 e. The van der Waals surface area contributed by atoms with Gasteiger partial charge in [-0.3, -0.25) is 0 Å². The van der Waals surface area contributed by atoms with Crippen molar-refractivity contribution in [3.05, 3.63) is 35.8 Å². The maximum absolute atomic E-state index is 13.1. The number of anilines is 1. The van der Waals surface area contributed by atoms with Crippen molar-refractivity contribution in [3.8, 4) is 17.3 Å². The standard InChI is InChI=1S/C18H17F3N6O/c1-9(2)14(8-28)26-17-25-5-10(4-22)15(27-17)13-7-24-16-12(13)3-11(6-23-16)18(19,20)21/h3,5-7,9,14,28H,8H2,1-2H3,(H,23,24)(H,25,26,27)/t14-/m1/s1. The van der Waals surface area contributed by atoms with Crippen LogP contribution in [0.4, 0.5) is 19.1 Å². The maximum Gasteiger partial charge on any atom is 0.417 e. The van der Waals surface area contributed by atoms with Gasteiger partial charge in [-0.05, 0) is 12.0 Å². The van der Waals surface area contributed by atoms with Gasteiger partial charge in [-0.25, -0.2) is 15.0 Å². The molecular weight excluding hydrogens is 373 g/mol. The predicted octanol–water partition coefficient (Wildman–Crippen LogP) is 3.34. The topological polar surface area (TPSA) is 111 Å². The Hall–Kier alpha value is -3.19. The highest BCUT2D eigenvalue weighted by Crippen LogP contribution is 2.34. The van der Waals surface area contributed by atoms with Crippen LogP contribution in [-0.2, 0) is 6.18 Å². The average Bonchev–Trinajstić information content (AvgIpc) is 3.08. The van der Waals surface area contributed by atoms with Gasteiger partial charge in [0.2, 0.25) is 5.95 Å². The van der Waals surface area contributed by atoms with Crippen molar-refractivity contribution in [2.75, 3.05) is 11.9 Å². The number of alkyl halides is 3. The quantitative estimate of drug-likeness (QED) is 0.616. The van der Waals surface area contributed by atoms with E-state index in [0.29, 0.717) is 5.56 Å². The molecule has 0 spiro atoms. The lowest BCUT2D eigenvalue weighted by atomic mass is 10.1. The number of aliphatic hydroxyl groups excluding tert-OH is 1. The molecule has 0 saturated heterocycles. The molecule has 3 aromatic heterocycles. The fourth-order valence-corrected chi connectivity index (χ4v) is 2.68. The number of nitrogens with one attached hydrogen (secondary N) is 2. The van der Waals surface area contributed by atoms with Crippen molar-refractivity contribution in [1.82, 2.24) is 19.9 Å². The van der Waals surface area contributed by atoms with Crippen LogP contribution in [0.3, 0.4) is 0 Å². The van der Waals surface area contributed by atoms with E-state index in [9.17, 15) is 23.5 Å². The highest BCUT2D eigenvalue weighted by Gasteiger charge is 2.31. The van der Waals surface area contributed by atoms with Gasteiger partial charge in [0.1, 0.15) is 11.7 Å². The SMILES string of the molecule is CC(C)[C@@H](CO)Nc1ncc(C#N)c(-c2c[nH]c3ncc(C(F)(F)F)cc23)n1. The second kappa shape index (κ2) is 7.44. The molecule has 3 N–H and O–H groups in total. The van der Waals surface area contributed by atoms with E-state index in [4.69, 9.17) is 0 Å². The minimum Gasteiger partial charge on any atom is -0.394 e. The third kappa shape index (κ3) is 3.75. The van der Waals surface area contributed by atoms with Gasteiger partial charge in [0.15, 0.2) is 0 Å². The zero-order valence-corrected chi connectivity index (χ0v) is 15.0. The van der Waals surface area contributed by atoms with E-state index in [1.807, 2.05) is 19.9 Å². The molecule has 0 aromatic carbocycles. The van der Waals surface area contributed by atoms with E-state index < -0.39 is 11.7 Å². The summed E-state index contributed by atoms with van der Waals surface area (Å²) >= 11 is 0. The summed E-state index contributed by atoms with van der Waals surface area (Å²) in [5, 5.41) is 22.0. The van der Waals surface area contributed by atoms with E-state index in [0.717, 1.165) is 12.3 Å². The van der Waals surface area contributed by atoms with Gasteiger partial charge < -0.3 is 15.4 Å². The molecule has 146 valence electrons. The summed E-state index contributed by atoms with van der Waals surface area (Å²) in [6.45, 7) is 3.66. The minimum absolute atomic E-state index is 0.0827. The van der Waals surface area contributed by atoms with E-state index in [-0.39, 0.29) is 46.8 Å². The predicted molar refractivity (Wildman–Crippen MR) is 96.2 cm³/mol. The Balaban J connectivity index is 2.12. The van der Waals surface area contributed by atoms with Crippen LogP contribution in [0.1, 0.15) is 25.0 Å². The molecule has 0 aliphatic carbocycles. The molecule has 3 heterocycles. The Kier molecular flexibility index (Phi) is 5.20. The first-order valence-corrected chi connectivity index (χ1v) is 8.43. The Morgan fingerprint density at radius 1 is 1.29 bits per heavy atom. The van der Waals surface area contributed by atoms with E-state index in [1.54, 1.807) is 0 Å². The summed E-state index contributed by atoms with van der Waals surface area (Å²) in [7, 11) is 0. The summed E-state index contributed by atoms with van der Waals surface area (Å²) in [6.07, 6.45) is -1.05.